The van der Waals surface area contributed by atoms with E-state index in [1.807, 2.05) is 0 Å². The summed E-state index contributed by atoms with van der Waals surface area (Å²) in [4.78, 5) is 15.4. The van der Waals surface area contributed by atoms with Gasteiger partial charge in [-0.2, -0.15) is 13.2 Å². The maximum absolute atomic E-state index is 12.9. The molecular formula is C14H8BBr2F3N2O. The molecule has 0 amide bonds. The highest BCUT2D eigenvalue weighted by Gasteiger charge is 2.33. The highest BCUT2D eigenvalue weighted by Crippen LogP contribution is 2.32. The molecule has 23 heavy (non-hydrogen) atoms. The highest BCUT2D eigenvalue weighted by atomic mass is 79.9. The first-order chi connectivity index (χ1) is 10.7. The Morgan fingerprint density at radius 1 is 1.26 bits per heavy atom. The molecule has 0 unspecified atom stereocenters. The SMILES string of the molecule is [B]c1c(C(F)(F)F)ccc(Br)c1Nc1ccc(C(=O)CBr)nc1. The van der Waals surface area contributed by atoms with Crippen LogP contribution in [0.4, 0.5) is 24.5 Å². The van der Waals surface area contributed by atoms with E-state index in [0.717, 1.165) is 6.07 Å². The third-order valence-electron chi connectivity index (χ3n) is 2.94. The van der Waals surface area contributed by atoms with Crippen molar-refractivity contribution in [2.45, 2.75) is 6.18 Å². The molecule has 118 valence electrons. The number of ketones is 1. The Hall–Kier alpha value is -1.35. The van der Waals surface area contributed by atoms with Crippen molar-refractivity contribution in [3.63, 3.8) is 0 Å². The molecule has 2 radical (unpaired) electrons. The topological polar surface area (TPSA) is 42.0 Å². The van der Waals surface area contributed by atoms with Gasteiger partial charge in [-0.1, -0.05) is 21.4 Å². The van der Waals surface area contributed by atoms with Gasteiger partial charge in [-0.25, -0.2) is 0 Å². The van der Waals surface area contributed by atoms with Crippen LogP contribution < -0.4 is 10.8 Å². The smallest absolute Gasteiger partial charge is 0.354 e. The Morgan fingerprint density at radius 3 is 2.48 bits per heavy atom. The van der Waals surface area contributed by atoms with E-state index in [4.69, 9.17) is 7.85 Å². The van der Waals surface area contributed by atoms with E-state index >= 15 is 0 Å². The number of rotatable bonds is 4. The van der Waals surface area contributed by atoms with Crippen molar-refractivity contribution >= 4 is 62.3 Å². The average molecular weight is 448 g/mol. The second-order valence-corrected chi connectivity index (χ2v) is 5.91. The first kappa shape index (κ1) is 18.0. The van der Waals surface area contributed by atoms with Crippen LogP contribution in [0.15, 0.2) is 34.9 Å². The summed E-state index contributed by atoms with van der Waals surface area (Å²) in [5, 5.41) is 2.92. The number of Topliss-reactive ketones (excluding diaryl/α,β-unsaturated/α-hetero) is 1. The van der Waals surface area contributed by atoms with Crippen molar-refractivity contribution in [3.8, 4) is 0 Å². The minimum atomic E-state index is -4.55. The molecule has 0 aliphatic rings. The lowest BCUT2D eigenvalue weighted by atomic mass is 9.88. The van der Waals surface area contributed by atoms with Crippen molar-refractivity contribution in [1.29, 1.82) is 0 Å². The number of hydrogen-bond donors (Lipinski definition) is 1. The molecule has 0 saturated carbocycles. The quantitative estimate of drug-likeness (QED) is 0.438. The van der Waals surface area contributed by atoms with Gasteiger partial charge in [-0.3, -0.25) is 9.78 Å². The predicted octanol–water partition coefficient (Wildman–Crippen LogP) is 3.98. The van der Waals surface area contributed by atoms with Crippen LogP contribution in [0.5, 0.6) is 0 Å². The monoisotopic (exact) mass is 446 g/mol. The third-order valence-corrected chi connectivity index (χ3v) is 4.11. The van der Waals surface area contributed by atoms with Gasteiger partial charge >= 0.3 is 6.18 Å². The van der Waals surface area contributed by atoms with Crippen LogP contribution in [0.25, 0.3) is 0 Å². The van der Waals surface area contributed by atoms with E-state index in [9.17, 15) is 18.0 Å². The fourth-order valence-electron chi connectivity index (χ4n) is 1.81. The van der Waals surface area contributed by atoms with Gasteiger partial charge in [0.05, 0.1) is 22.8 Å². The molecule has 0 fully saturated rings. The molecule has 1 aromatic heterocycles. The van der Waals surface area contributed by atoms with E-state index in [1.165, 1.54) is 24.4 Å². The van der Waals surface area contributed by atoms with E-state index in [-0.39, 0.29) is 22.5 Å². The number of carbonyl (C=O) groups is 1. The summed E-state index contributed by atoms with van der Waals surface area (Å²) in [6.07, 6.45) is -3.20. The van der Waals surface area contributed by atoms with Crippen molar-refractivity contribution in [3.05, 3.63) is 46.2 Å². The summed E-state index contributed by atoms with van der Waals surface area (Å²) in [6.45, 7) is 0. The minimum Gasteiger partial charge on any atom is -0.354 e. The molecular weight excluding hydrogens is 440 g/mol. The summed E-state index contributed by atoms with van der Waals surface area (Å²) in [5.74, 6) is -0.198. The lowest BCUT2D eigenvalue weighted by molar-refractivity contribution is -0.136. The Balaban J connectivity index is 2.35. The molecule has 0 bridgehead atoms. The zero-order chi connectivity index (χ0) is 17.2. The number of nitrogens with one attached hydrogen (secondary N) is 1. The second-order valence-electron chi connectivity index (χ2n) is 4.50. The number of pyridine rings is 1. The Bertz CT molecular complexity index is 736. The number of carbonyl (C=O) groups excluding carboxylic acids is 1. The molecule has 0 aliphatic carbocycles. The first-order valence-corrected chi connectivity index (χ1v) is 8.13. The molecule has 3 nitrogen and oxygen atoms in total. The first-order valence-electron chi connectivity index (χ1n) is 6.21. The number of benzene rings is 1. The third kappa shape index (κ3) is 4.14. The standard InChI is InChI=1S/C14H8BBr2F3N2O/c15-12-8(14(18,19)20)2-3-9(17)13(12)22-7-1-4-10(21-6-7)11(23)5-16/h1-4,6,22H,5H2. The van der Waals surface area contributed by atoms with Gasteiger partial charge in [0.15, 0.2) is 5.78 Å². The summed E-state index contributed by atoms with van der Waals surface area (Å²) in [6, 6.07) is 5.18. The fourth-order valence-corrected chi connectivity index (χ4v) is 2.54. The maximum atomic E-state index is 12.9. The van der Waals surface area contributed by atoms with Gasteiger partial charge in [-0.05, 0) is 40.2 Å². The van der Waals surface area contributed by atoms with Gasteiger partial charge in [-0.15, -0.1) is 0 Å². The second kappa shape index (κ2) is 7.04. The molecule has 1 heterocycles. The summed E-state index contributed by atoms with van der Waals surface area (Å²) < 4.78 is 39.1. The van der Waals surface area contributed by atoms with Crippen molar-refractivity contribution in [2.24, 2.45) is 0 Å². The molecule has 2 rings (SSSR count). The van der Waals surface area contributed by atoms with Crippen molar-refractivity contribution in [1.82, 2.24) is 4.98 Å². The van der Waals surface area contributed by atoms with Crippen LogP contribution in [0, 0.1) is 0 Å². The fraction of sp³-hybridized carbons (Fsp3) is 0.143. The molecule has 0 saturated heterocycles. The predicted molar refractivity (Wildman–Crippen MR) is 90.2 cm³/mol. The van der Waals surface area contributed by atoms with Gasteiger partial charge in [0.2, 0.25) is 0 Å². The largest absolute Gasteiger partial charge is 0.415 e. The number of hydrogen-bond acceptors (Lipinski definition) is 3. The summed E-state index contributed by atoms with van der Waals surface area (Å²) in [7, 11) is 5.62. The number of halogens is 5. The number of aromatic nitrogens is 1. The maximum Gasteiger partial charge on any atom is 0.415 e. The summed E-state index contributed by atoms with van der Waals surface area (Å²) >= 11 is 6.20. The number of anilines is 2. The molecule has 9 heteroatoms. The Labute approximate surface area is 148 Å². The zero-order valence-corrected chi connectivity index (χ0v) is 14.6. The average Bonchev–Trinajstić information content (AvgIpc) is 2.50. The molecule has 0 atom stereocenters. The van der Waals surface area contributed by atoms with Gasteiger partial charge in [0, 0.05) is 10.2 Å². The van der Waals surface area contributed by atoms with Crippen molar-refractivity contribution in [2.75, 3.05) is 10.6 Å². The number of alkyl halides is 4. The van der Waals surface area contributed by atoms with Crippen LogP contribution in [0.3, 0.4) is 0 Å². The van der Waals surface area contributed by atoms with Crippen LogP contribution in [0.2, 0.25) is 0 Å². The van der Waals surface area contributed by atoms with E-state index < -0.39 is 17.2 Å². The molecule has 1 N–H and O–H groups in total. The Morgan fingerprint density at radius 2 is 1.96 bits per heavy atom. The number of nitrogens with zero attached hydrogens (tertiary/aromatic N) is 1. The Kier molecular flexibility index (Phi) is 5.51. The van der Waals surface area contributed by atoms with E-state index in [2.05, 4.69) is 42.2 Å². The molecule has 2 aromatic rings. The van der Waals surface area contributed by atoms with Crippen LogP contribution in [-0.4, -0.2) is 23.9 Å². The normalized spacial score (nSPS) is 11.3. The van der Waals surface area contributed by atoms with Crippen molar-refractivity contribution < 1.29 is 18.0 Å². The van der Waals surface area contributed by atoms with Crippen LogP contribution >= 0.6 is 31.9 Å². The molecule has 0 aliphatic heterocycles. The van der Waals surface area contributed by atoms with E-state index in [1.54, 1.807) is 0 Å². The lowest BCUT2D eigenvalue weighted by Crippen LogP contribution is -2.22. The molecule has 0 spiro atoms. The molecule has 1 aromatic carbocycles. The van der Waals surface area contributed by atoms with Gasteiger partial charge < -0.3 is 5.32 Å². The van der Waals surface area contributed by atoms with Gasteiger partial charge in [0.1, 0.15) is 13.5 Å². The highest BCUT2D eigenvalue weighted by molar-refractivity contribution is 9.10. The lowest BCUT2D eigenvalue weighted by Gasteiger charge is -2.17. The van der Waals surface area contributed by atoms with Crippen LogP contribution in [-0.2, 0) is 6.18 Å². The van der Waals surface area contributed by atoms with Crippen LogP contribution in [0.1, 0.15) is 16.1 Å². The van der Waals surface area contributed by atoms with E-state index in [0.29, 0.717) is 10.2 Å². The van der Waals surface area contributed by atoms with Gasteiger partial charge in [0.25, 0.3) is 0 Å². The zero-order valence-electron chi connectivity index (χ0n) is 11.4. The summed E-state index contributed by atoms with van der Waals surface area (Å²) in [5.41, 5.74) is -0.609. The minimum absolute atomic E-state index is 0.0844.